The topological polar surface area (TPSA) is 84.1 Å². The normalized spacial score (nSPS) is 36.5. The fraction of sp³-hybridized carbons (Fsp3) is 0.722. The Balaban J connectivity index is 1.31. The number of nitrogens with one attached hydrogen (secondary N) is 1. The van der Waals surface area contributed by atoms with E-state index in [9.17, 15) is 4.79 Å². The second-order valence-corrected chi connectivity index (χ2v) is 8.50. The zero-order valence-electron chi connectivity index (χ0n) is 14.0. The van der Waals surface area contributed by atoms with Crippen LogP contribution in [0.2, 0.25) is 0 Å². The fourth-order valence-electron chi connectivity index (χ4n) is 6.06. The summed E-state index contributed by atoms with van der Waals surface area (Å²) in [5.41, 5.74) is 7.77. The number of carbonyl (C=O) groups excluding carboxylic acids is 1. The van der Waals surface area contributed by atoms with Crippen LogP contribution in [0.1, 0.15) is 49.8 Å². The van der Waals surface area contributed by atoms with Gasteiger partial charge in [-0.25, -0.2) is 14.8 Å². The van der Waals surface area contributed by atoms with Crippen LogP contribution in [-0.4, -0.2) is 33.0 Å². The number of nitrogen functional groups attached to an aromatic ring is 1. The number of nitrogens with zero attached hydrogens (tertiary/aromatic N) is 3. The average molecular weight is 327 g/mol. The lowest BCUT2D eigenvalue weighted by Gasteiger charge is -2.57. The molecule has 0 atom stereocenters. The summed E-state index contributed by atoms with van der Waals surface area (Å²) in [6.45, 7) is 1.28. The van der Waals surface area contributed by atoms with E-state index < -0.39 is 0 Å². The largest absolute Gasteiger partial charge is 0.368 e. The van der Waals surface area contributed by atoms with Crippen molar-refractivity contribution in [1.82, 2.24) is 20.2 Å². The highest BCUT2D eigenvalue weighted by Crippen LogP contribution is 2.55. The van der Waals surface area contributed by atoms with Gasteiger partial charge in [-0.2, -0.15) is 0 Å². The fourth-order valence-corrected chi connectivity index (χ4v) is 6.06. The number of anilines is 1. The zero-order valence-corrected chi connectivity index (χ0v) is 14.0. The third kappa shape index (κ3) is 2.34. The first kappa shape index (κ1) is 14.5. The summed E-state index contributed by atoms with van der Waals surface area (Å²) in [4.78, 5) is 23.2. The minimum Gasteiger partial charge on any atom is -0.368 e. The minimum atomic E-state index is 0.0663. The van der Waals surface area contributed by atoms with E-state index in [0.29, 0.717) is 6.54 Å². The van der Waals surface area contributed by atoms with Crippen LogP contribution in [0.3, 0.4) is 0 Å². The van der Waals surface area contributed by atoms with E-state index in [1.165, 1.54) is 38.5 Å². The van der Waals surface area contributed by atoms with Crippen molar-refractivity contribution in [3.63, 3.8) is 0 Å². The molecule has 6 rings (SSSR count). The number of aromatic nitrogens is 2. The molecule has 128 valence electrons. The van der Waals surface area contributed by atoms with E-state index in [1.807, 2.05) is 4.90 Å². The minimum absolute atomic E-state index is 0.0663. The summed E-state index contributed by atoms with van der Waals surface area (Å²) >= 11 is 0. The molecule has 6 nitrogen and oxygen atoms in total. The molecule has 0 radical (unpaired) electrons. The first-order valence-electron chi connectivity index (χ1n) is 9.26. The predicted octanol–water partition coefficient (Wildman–Crippen LogP) is 2.10. The van der Waals surface area contributed by atoms with Crippen molar-refractivity contribution in [1.29, 1.82) is 0 Å². The van der Waals surface area contributed by atoms with E-state index in [4.69, 9.17) is 5.73 Å². The van der Waals surface area contributed by atoms with Crippen molar-refractivity contribution in [2.45, 2.75) is 57.0 Å². The Morgan fingerprint density at radius 1 is 1.21 bits per heavy atom. The molecule has 2 amide bonds. The third-order valence-corrected chi connectivity index (χ3v) is 6.66. The molecule has 6 heteroatoms. The van der Waals surface area contributed by atoms with Crippen molar-refractivity contribution >= 4 is 12.0 Å². The Bertz CT molecular complexity index is 653. The summed E-state index contributed by atoms with van der Waals surface area (Å²) in [5, 5.41) is 3.45. The molecule has 0 aromatic carbocycles. The van der Waals surface area contributed by atoms with Crippen LogP contribution in [0.25, 0.3) is 0 Å². The second-order valence-electron chi connectivity index (χ2n) is 8.50. The zero-order chi connectivity index (χ0) is 16.3. The SMILES string of the molecule is Nc1ncc2c(n1)CN(C(=O)NC13CC4CC(CC(C4)C1)C3)CC2. The molecule has 4 aliphatic carbocycles. The van der Waals surface area contributed by atoms with Gasteiger partial charge in [0.05, 0.1) is 12.2 Å². The van der Waals surface area contributed by atoms with Crippen molar-refractivity contribution in [2.75, 3.05) is 12.3 Å². The van der Waals surface area contributed by atoms with E-state index in [1.54, 1.807) is 6.20 Å². The van der Waals surface area contributed by atoms with Gasteiger partial charge >= 0.3 is 6.03 Å². The van der Waals surface area contributed by atoms with Crippen LogP contribution in [0.4, 0.5) is 10.7 Å². The predicted molar refractivity (Wildman–Crippen MR) is 90.0 cm³/mol. The summed E-state index contributed by atoms with van der Waals surface area (Å²) < 4.78 is 0. The number of amides is 2. The number of hydrogen-bond donors (Lipinski definition) is 2. The van der Waals surface area contributed by atoms with E-state index in [-0.39, 0.29) is 17.5 Å². The summed E-state index contributed by atoms with van der Waals surface area (Å²) in [6, 6.07) is 0.0831. The molecular weight excluding hydrogens is 302 g/mol. The maximum Gasteiger partial charge on any atom is 0.318 e. The lowest BCUT2D eigenvalue weighted by atomic mass is 9.53. The van der Waals surface area contributed by atoms with Gasteiger partial charge in [0.2, 0.25) is 5.95 Å². The molecule has 1 aromatic heterocycles. The monoisotopic (exact) mass is 327 g/mol. The van der Waals surface area contributed by atoms with Gasteiger partial charge in [0, 0.05) is 18.3 Å². The molecule has 5 aliphatic rings. The van der Waals surface area contributed by atoms with Gasteiger partial charge in [-0.1, -0.05) is 0 Å². The van der Waals surface area contributed by atoms with Gasteiger partial charge in [-0.05, 0) is 68.3 Å². The molecule has 0 saturated heterocycles. The van der Waals surface area contributed by atoms with Crippen LogP contribution in [0.5, 0.6) is 0 Å². The van der Waals surface area contributed by atoms with Gasteiger partial charge in [0.1, 0.15) is 0 Å². The van der Waals surface area contributed by atoms with Crippen LogP contribution in [-0.2, 0) is 13.0 Å². The van der Waals surface area contributed by atoms with Gasteiger partial charge in [0.25, 0.3) is 0 Å². The highest BCUT2D eigenvalue weighted by molar-refractivity contribution is 5.75. The number of carbonyl (C=O) groups is 1. The number of hydrogen-bond acceptors (Lipinski definition) is 4. The van der Waals surface area contributed by atoms with Crippen molar-refractivity contribution in [3.8, 4) is 0 Å². The molecular formula is C18H25N5O. The number of nitrogens with two attached hydrogens (primary N) is 1. The maximum atomic E-state index is 12.9. The molecule has 3 N–H and O–H groups in total. The molecule has 1 aliphatic heterocycles. The molecule has 2 heterocycles. The Morgan fingerprint density at radius 2 is 1.88 bits per heavy atom. The molecule has 4 saturated carbocycles. The third-order valence-electron chi connectivity index (χ3n) is 6.66. The summed E-state index contributed by atoms with van der Waals surface area (Å²) in [6.07, 6.45) is 10.3. The van der Waals surface area contributed by atoms with Crippen molar-refractivity contribution < 1.29 is 4.79 Å². The molecule has 1 aromatic rings. The van der Waals surface area contributed by atoms with Gasteiger partial charge in [-0.15, -0.1) is 0 Å². The average Bonchev–Trinajstić information content (AvgIpc) is 2.52. The Hall–Kier alpha value is -1.85. The van der Waals surface area contributed by atoms with E-state index in [2.05, 4.69) is 15.3 Å². The second kappa shape index (κ2) is 5.07. The summed E-state index contributed by atoms with van der Waals surface area (Å²) in [5.74, 6) is 2.81. The molecule has 4 fully saturated rings. The van der Waals surface area contributed by atoms with Crippen LogP contribution >= 0.6 is 0 Å². The first-order valence-corrected chi connectivity index (χ1v) is 9.26. The Kier molecular flexibility index (Phi) is 3.06. The smallest absolute Gasteiger partial charge is 0.318 e. The van der Waals surface area contributed by atoms with Crippen LogP contribution < -0.4 is 11.1 Å². The van der Waals surface area contributed by atoms with E-state index >= 15 is 0 Å². The van der Waals surface area contributed by atoms with Gasteiger partial charge in [0.15, 0.2) is 0 Å². The van der Waals surface area contributed by atoms with Gasteiger partial charge < -0.3 is 16.0 Å². The Labute approximate surface area is 142 Å². The maximum absolute atomic E-state index is 12.9. The number of urea groups is 1. The lowest BCUT2D eigenvalue weighted by molar-refractivity contribution is -0.0159. The standard InChI is InChI=1S/C18H25N5O/c19-16-20-9-14-1-2-23(10-15(14)21-16)17(24)22-18-6-11-3-12(7-18)5-13(4-11)8-18/h9,11-13H,1-8,10H2,(H,22,24)(H2,19,20,21). The number of rotatable bonds is 1. The molecule has 24 heavy (non-hydrogen) atoms. The molecule has 0 spiro atoms. The van der Waals surface area contributed by atoms with Crippen molar-refractivity contribution in [3.05, 3.63) is 17.5 Å². The molecule has 4 bridgehead atoms. The number of fused-ring (bicyclic) bond motifs is 1. The summed E-state index contributed by atoms with van der Waals surface area (Å²) in [7, 11) is 0. The highest BCUT2D eigenvalue weighted by Gasteiger charge is 2.51. The van der Waals surface area contributed by atoms with E-state index in [0.717, 1.165) is 42.0 Å². The van der Waals surface area contributed by atoms with Gasteiger partial charge in [-0.3, -0.25) is 0 Å². The first-order chi connectivity index (χ1) is 11.6. The Morgan fingerprint density at radius 3 is 2.54 bits per heavy atom. The molecule has 0 unspecified atom stereocenters. The lowest BCUT2D eigenvalue weighted by Crippen LogP contribution is -2.62. The van der Waals surface area contributed by atoms with Crippen LogP contribution in [0.15, 0.2) is 6.20 Å². The van der Waals surface area contributed by atoms with Crippen molar-refractivity contribution in [2.24, 2.45) is 17.8 Å². The van der Waals surface area contributed by atoms with Crippen LogP contribution in [0, 0.1) is 17.8 Å². The quantitative estimate of drug-likeness (QED) is 0.827. The highest BCUT2D eigenvalue weighted by atomic mass is 16.2.